The monoisotopic (exact) mass is 404 g/mol. The molecule has 6 nitrogen and oxygen atoms in total. The summed E-state index contributed by atoms with van der Waals surface area (Å²) in [7, 11) is 0. The van der Waals surface area contributed by atoms with Gasteiger partial charge in [-0.05, 0) is 24.3 Å². The topological polar surface area (TPSA) is 76.0 Å². The van der Waals surface area contributed by atoms with Crippen molar-refractivity contribution in [2.75, 3.05) is 17.6 Å². The lowest BCUT2D eigenvalue weighted by molar-refractivity contribution is -0.121. The van der Waals surface area contributed by atoms with Gasteiger partial charge in [0.2, 0.25) is 5.91 Å². The number of carbonyl (C=O) groups excluding carboxylic acids is 2. The Hall–Kier alpha value is -1.93. The third kappa shape index (κ3) is 4.68. The minimum Gasteiger partial charge on any atom is -0.355 e. The number of nitrogens with one attached hydrogen (secondary N) is 2. The molecule has 0 atom stereocenters. The highest BCUT2D eigenvalue weighted by Gasteiger charge is 2.25. The zero-order valence-electron chi connectivity index (χ0n) is 15.6. The summed E-state index contributed by atoms with van der Waals surface area (Å²) in [4.78, 5) is 26.1. The molecule has 1 aliphatic rings. The summed E-state index contributed by atoms with van der Waals surface area (Å²) in [6.07, 6.45) is 0.882. The van der Waals surface area contributed by atoms with Gasteiger partial charge >= 0.3 is 0 Å². The Balaban J connectivity index is 1.84. The van der Waals surface area contributed by atoms with Crippen LogP contribution < -0.4 is 10.6 Å². The fraction of sp³-hybridized carbons (Fsp3) is 0.421. The summed E-state index contributed by atoms with van der Waals surface area (Å²) in [5, 5.41) is 10.4. The predicted octanol–water partition coefficient (Wildman–Crippen LogP) is 3.52. The second kappa shape index (κ2) is 9.32. The highest BCUT2D eigenvalue weighted by molar-refractivity contribution is 7.99. The number of rotatable bonds is 8. The fourth-order valence-electron chi connectivity index (χ4n) is 2.89. The first-order valence-corrected chi connectivity index (χ1v) is 11.2. The van der Waals surface area contributed by atoms with Crippen molar-refractivity contribution < 1.29 is 9.59 Å². The molecule has 0 unspecified atom stereocenters. The zero-order valence-corrected chi connectivity index (χ0v) is 17.2. The molecule has 1 aliphatic heterocycles. The SMILES string of the molecule is CCCNC(=O)Cn1nc2c(c1NC(=O)c1ccccc1SCC)CSC2. The molecule has 0 saturated carbocycles. The Morgan fingerprint density at radius 3 is 2.85 bits per heavy atom. The Morgan fingerprint density at radius 1 is 1.26 bits per heavy atom. The van der Waals surface area contributed by atoms with Crippen molar-refractivity contribution >= 4 is 41.2 Å². The minimum atomic E-state index is -0.165. The molecule has 144 valence electrons. The van der Waals surface area contributed by atoms with Crippen molar-refractivity contribution in [3.8, 4) is 0 Å². The van der Waals surface area contributed by atoms with Crippen LogP contribution in [0.15, 0.2) is 29.2 Å². The summed E-state index contributed by atoms with van der Waals surface area (Å²) in [5.74, 6) is 2.88. The first-order valence-electron chi connectivity index (χ1n) is 9.10. The van der Waals surface area contributed by atoms with E-state index in [1.165, 1.54) is 0 Å². The van der Waals surface area contributed by atoms with E-state index < -0.39 is 0 Å². The summed E-state index contributed by atoms with van der Waals surface area (Å²) in [6.45, 7) is 4.82. The van der Waals surface area contributed by atoms with Crippen molar-refractivity contribution in [2.24, 2.45) is 0 Å². The molecule has 2 amide bonds. The van der Waals surface area contributed by atoms with Gasteiger partial charge in [-0.3, -0.25) is 9.59 Å². The van der Waals surface area contributed by atoms with E-state index in [4.69, 9.17) is 0 Å². The molecule has 0 spiro atoms. The van der Waals surface area contributed by atoms with Gasteiger partial charge in [0.25, 0.3) is 5.91 Å². The Labute approximate surface area is 167 Å². The van der Waals surface area contributed by atoms with Gasteiger partial charge in [-0.15, -0.1) is 11.8 Å². The van der Waals surface area contributed by atoms with Crippen LogP contribution in [0.25, 0.3) is 0 Å². The van der Waals surface area contributed by atoms with Gasteiger partial charge < -0.3 is 10.6 Å². The molecule has 0 fully saturated rings. The van der Waals surface area contributed by atoms with E-state index in [1.807, 2.05) is 31.2 Å². The summed E-state index contributed by atoms with van der Waals surface area (Å²) in [6, 6.07) is 7.59. The minimum absolute atomic E-state index is 0.0943. The first-order chi connectivity index (χ1) is 13.1. The van der Waals surface area contributed by atoms with Crippen LogP contribution in [0.3, 0.4) is 0 Å². The van der Waals surface area contributed by atoms with Crippen molar-refractivity contribution in [3.63, 3.8) is 0 Å². The van der Waals surface area contributed by atoms with Gasteiger partial charge in [0.05, 0.1) is 11.3 Å². The lowest BCUT2D eigenvalue weighted by Crippen LogP contribution is -2.29. The molecule has 3 rings (SSSR count). The van der Waals surface area contributed by atoms with E-state index in [2.05, 4.69) is 22.7 Å². The van der Waals surface area contributed by atoms with Crippen molar-refractivity contribution in [3.05, 3.63) is 41.1 Å². The third-order valence-electron chi connectivity index (χ3n) is 4.15. The maximum atomic E-state index is 12.9. The molecular formula is C19H24N4O2S2. The van der Waals surface area contributed by atoms with Crippen LogP contribution in [0.2, 0.25) is 0 Å². The fourth-order valence-corrected chi connectivity index (χ4v) is 4.72. The molecule has 2 N–H and O–H groups in total. The van der Waals surface area contributed by atoms with Gasteiger partial charge in [-0.1, -0.05) is 26.0 Å². The number of thioether (sulfide) groups is 2. The van der Waals surface area contributed by atoms with Gasteiger partial charge in [-0.25, -0.2) is 4.68 Å². The normalized spacial score (nSPS) is 12.7. The average molecular weight is 405 g/mol. The van der Waals surface area contributed by atoms with Gasteiger partial charge in [0.1, 0.15) is 12.4 Å². The predicted molar refractivity (Wildman–Crippen MR) is 111 cm³/mol. The quantitative estimate of drug-likeness (QED) is 0.659. The van der Waals surface area contributed by atoms with Gasteiger partial charge in [-0.2, -0.15) is 16.9 Å². The zero-order chi connectivity index (χ0) is 19.2. The molecule has 27 heavy (non-hydrogen) atoms. The Kier molecular flexibility index (Phi) is 6.84. The Morgan fingerprint density at radius 2 is 2.07 bits per heavy atom. The number of nitrogens with zero attached hydrogens (tertiary/aromatic N) is 2. The van der Waals surface area contributed by atoms with Crippen molar-refractivity contribution in [1.29, 1.82) is 0 Å². The maximum Gasteiger partial charge on any atom is 0.257 e. The number of benzene rings is 1. The molecule has 0 bridgehead atoms. The third-order valence-corrected chi connectivity index (χ3v) is 6.07. The number of carbonyl (C=O) groups is 2. The van der Waals surface area contributed by atoms with Crippen LogP contribution in [0.4, 0.5) is 5.82 Å². The van der Waals surface area contributed by atoms with Crippen LogP contribution in [-0.2, 0) is 22.8 Å². The van der Waals surface area contributed by atoms with E-state index in [1.54, 1.807) is 28.2 Å². The summed E-state index contributed by atoms with van der Waals surface area (Å²) >= 11 is 3.41. The number of fused-ring (bicyclic) bond motifs is 1. The molecular weight excluding hydrogens is 380 g/mol. The molecule has 2 aromatic rings. The van der Waals surface area contributed by atoms with E-state index in [9.17, 15) is 9.59 Å². The first kappa shape index (κ1) is 19.8. The average Bonchev–Trinajstić information content (AvgIpc) is 3.23. The van der Waals surface area contributed by atoms with Crippen molar-refractivity contribution in [2.45, 2.75) is 43.2 Å². The van der Waals surface area contributed by atoms with Crippen LogP contribution in [0, 0.1) is 0 Å². The van der Waals surface area contributed by atoms with Crippen LogP contribution in [-0.4, -0.2) is 33.9 Å². The molecule has 8 heteroatoms. The summed E-state index contributed by atoms with van der Waals surface area (Å²) < 4.78 is 1.63. The highest BCUT2D eigenvalue weighted by atomic mass is 32.2. The molecule has 1 aromatic heterocycles. The highest BCUT2D eigenvalue weighted by Crippen LogP contribution is 2.35. The van der Waals surface area contributed by atoms with E-state index >= 15 is 0 Å². The number of hydrogen-bond acceptors (Lipinski definition) is 5. The van der Waals surface area contributed by atoms with E-state index in [-0.39, 0.29) is 18.4 Å². The van der Waals surface area contributed by atoms with Crippen molar-refractivity contribution in [1.82, 2.24) is 15.1 Å². The second-order valence-electron chi connectivity index (χ2n) is 6.16. The number of amides is 2. The van der Waals surface area contributed by atoms with Crippen LogP contribution >= 0.6 is 23.5 Å². The number of hydrogen-bond donors (Lipinski definition) is 2. The van der Waals surface area contributed by atoms with Crippen LogP contribution in [0.1, 0.15) is 41.9 Å². The molecule has 1 aromatic carbocycles. The smallest absolute Gasteiger partial charge is 0.257 e. The standard InChI is InChI=1S/C19H24N4O2S2/c1-3-9-20-17(24)10-23-18(14-11-26-12-15(14)22-23)21-19(25)13-7-5-6-8-16(13)27-4-2/h5-8H,3-4,9-12H2,1-2H3,(H,20,24)(H,21,25). The lowest BCUT2D eigenvalue weighted by atomic mass is 10.2. The molecule has 0 radical (unpaired) electrons. The summed E-state index contributed by atoms with van der Waals surface area (Å²) in [5.41, 5.74) is 2.62. The molecule has 0 aliphatic carbocycles. The second-order valence-corrected chi connectivity index (χ2v) is 8.45. The molecule has 2 heterocycles. The molecule has 0 saturated heterocycles. The number of aromatic nitrogens is 2. The Bertz CT molecular complexity index is 835. The maximum absolute atomic E-state index is 12.9. The van der Waals surface area contributed by atoms with Crippen LogP contribution in [0.5, 0.6) is 0 Å². The number of anilines is 1. The largest absolute Gasteiger partial charge is 0.355 e. The van der Waals surface area contributed by atoms with E-state index in [0.29, 0.717) is 17.9 Å². The lowest BCUT2D eigenvalue weighted by Gasteiger charge is -2.13. The van der Waals surface area contributed by atoms with E-state index in [0.717, 1.165) is 39.8 Å². The van der Waals surface area contributed by atoms with Gasteiger partial charge in [0, 0.05) is 28.5 Å². The van der Waals surface area contributed by atoms with Gasteiger partial charge in [0.15, 0.2) is 0 Å².